The molecule has 0 heterocycles. The monoisotopic (exact) mass is 421 g/mol. The molecule has 0 saturated carbocycles. The van der Waals surface area contributed by atoms with Gasteiger partial charge < -0.3 is 12.2 Å². The van der Waals surface area contributed by atoms with E-state index in [0.29, 0.717) is 0 Å². The zero-order valence-electron chi connectivity index (χ0n) is 5.94. The summed E-state index contributed by atoms with van der Waals surface area (Å²) >= 11 is 4.49. The molecule has 11 heavy (non-hydrogen) atoms. The predicted molar refractivity (Wildman–Crippen MR) is 62.0 cm³/mol. The molecule has 67 valence electrons. The summed E-state index contributed by atoms with van der Waals surface area (Å²) in [5.41, 5.74) is 0.750. The molecule has 1 aliphatic carbocycles. The van der Waals surface area contributed by atoms with Crippen molar-refractivity contribution in [3.05, 3.63) is 31.2 Å². The predicted octanol–water partition coefficient (Wildman–Crippen LogP) is 3.20. The fourth-order valence-electron chi connectivity index (χ4n) is 0.523. The van der Waals surface area contributed by atoms with Gasteiger partial charge in [0.25, 0.3) is 0 Å². The summed E-state index contributed by atoms with van der Waals surface area (Å²) in [6.45, 7) is 0. The molecule has 0 aromatic rings. The second kappa shape index (κ2) is 11.1. The third-order valence-electron chi connectivity index (χ3n) is 0.902. The number of rotatable bonds is 1. The first-order valence-corrected chi connectivity index (χ1v) is 9.14. The van der Waals surface area contributed by atoms with Crippen LogP contribution in [0.2, 0.25) is 0 Å². The maximum atomic E-state index is 9.77. The normalized spacial score (nSPS) is 12.7. The average Bonchev–Trinajstić information content (AvgIpc) is 2.39. The zero-order valence-corrected chi connectivity index (χ0v) is 11.3. The molecule has 0 aromatic carbocycles. The van der Waals surface area contributed by atoms with Crippen LogP contribution in [0.25, 0.3) is 0 Å². The van der Waals surface area contributed by atoms with Crippen molar-refractivity contribution in [2.45, 2.75) is 6.42 Å². The van der Waals surface area contributed by atoms with Gasteiger partial charge in [0.1, 0.15) is 0 Å². The Morgan fingerprint density at radius 3 is 2.27 bits per heavy atom. The summed E-state index contributed by atoms with van der Waals surface area (Å²) in [6, 6.07) is 0. The summed E-state index contributed by atoms with van der Waals surface area (Å²) in [7, 11) is 1.38. The Morgan fingerprint density at radius 2 is 2.09 bits per heavy atom. The van der Waals surface area contributed by atoms with Crippen molar-refractivity contribution in [3.63, 3.8) is 0 Å². The van der Waals surface area contributed by atoms with Gasteiger partial charge in [-0.2, -0.15) is 5.57 Å². The molecule has 1 rings (SSSR count). The van der Waals surface area contributed by atoms with Gasteiger partial charge in [-0.25, -0.2) is 6.08 Å². The van der Waals surface area contributed by atoms with E-state index in [1.165, 1.54) is 8.26 Å². The van der Waals surface area contributed by atoms with E-state index in [2.05, 4.69) is 40.8 Å². The molecule has 0 spiro atoms. The summed E-state index contributed by atoms with van der Waals surface area (Å²) in [4.78, 5) is 9.77. The molecule has 0 saturated heterocycles. The van der Waals surface area contributed by atoms with E-state index in [1.54, 1.807) is 6.08 Å². The van der Waals surface area contributed by atoms with Crippen LogP contribution in [0.5, 0.6) is 0 Å². The Labute approximate surface area is 96.7 Å². The van der Waals surface area contributed by atoms with Crippen molar-refractivity contribution in [1.82, 2.24) is 0 Å². The molecule has 0 unspecified atom stereocenters. The second-order valence-electron chi connectivity index (χ2n) is 1.47. The van der Waals surface area contributed by atoms with Crippen molar-refractivity contribution < 1.29 is 13.1 Å². The molecule has 1 nitrogen and oxygen atoms in total. The molecule has 0 amide bonds. The SMILES string of the molecule is O=[C-]C1=CC=CC1.[CH3-].[I][Co][I]. The van der Waals surface area contributed by atoms with Gasteiger partial charge in [-0.05, 0) is 12.7 Å². The Kier molecular flexibility index (Phi) is 14.8. The van der Waals surface area contributed by atoms with E-state index in [1.807, 2.05) is 18.4 Å². The fraction of sp³-hybridized carbons (Fsp3) is 0.143. The van der Waals surface area contributed by atoms with Crippen LogP contribution in [-0.4, -0.2) is 6.29 Å². The van der Waals surface area contributed by atoms with Gasteiger partial charge in [0, 0.05) is 0 Å². The van der Waals surface area contributed by atoms with Crippen LogP contribution in [0.3, 0.4) is 0 Å². The fourth-order valence-corrected chi connectivity index (χ4v) is 0.523. The molecule has 0 aromatic heterocycles. The minimum absolute atomic E-state index is 0. The molecule has 0 fully saturated rings. The van der Waals surface area contributed by atoms with E-state index in [0.717, 1.165) is 12.0 Å². The molecule has 1 aliphatic rings. The van der Waals surface area contributed by atoms with E-state index in [-0.39, 0.29) is 7.43 Å². The molecule has 0 atom stereocenters. The Hall–Kier alpha value is 1.12. The van der Waals surface area contributed by atoms with Gasteiger partial charge in [-0.3, -0.25) is 0 Å². The van der Waals surface area contributed by atoms with Gasteiger partial charge >= 0.3 is 49.1 Å². The average molecular weight is 421 g/mol. The van der Waals surface area contributed by atoms with Crippen molar-refractivity contribution in [1.29, 1.82) is 0 Å². The van der Waals surface area contributed by atoms with Crippen LogP contribution < -0.4 is 0 Å². The van der Waals surface area contributed by atoms with Crippen molar-refractivity contribution in [3.8, 4) is 0 Å². The van der Waals surface area contributed by atoms with Crippen LogP contribution >= 0.6 is 40.8 Å². The first kappa shape index (κ1) is 14.6. The van der Waals surface area contributed by atoms with Crippen molar-refractivity contribution in [2.24, 2.45) is 0 Å². The number of halogens is 2. The van der Waals surface area contributed by atoms with E-state index in [9.17, 15) is 4.79 Å². The molecule has 0 bridgehead atoms. The number of allylic oxidation sites excluding steroid dienone is 4. The summed E-state index contributed by atoms with van der Waals surface area (Å²) < 4.78 is 0. The van der Waals surface area contributed by atoms with Gasteiger partial charge in [-0.1, -0.05) is 0 Å². The molecule has 0 radical (unpaired) electrons. The Balaban J connectivity index is 0. The molecule has 0 aliphatic heterocycles. The number of hydrogen-bond acceptors (Lipinski definition) is 1. The minimum atomic E-state index is 0. The summed E-state index contributed by atoms with van der Waals surface area (Å²) in [5, 5.41) is 0. The standard InChI is InChI=1S/C6H5O.CH3.Co.2HI/c7-5-6-3-1-2-4-6;;;;/h1-3H,4H2;1H3;;2*1H/q2*-1;+2;;/p-2. The van der Waals surface area contributed by atoms with E-state index in [4.69, 9.17) is 0 Å². The molecule has 4 heteroatoms. The topological polar surface area (TPSA) is 17.1 Å². The summed E-state index contributed by atoms with van der Waals surface area (Å²) in [6.07, 6.45) is 8.14. The number of hydrogen-bond donors (Lipinski definition) is 0. The molecular formula is C7H8CoI2O-2. The van der Waals surface area contributed by atoms with Gasteiger partial charge in [0.05, 0.1) is 0 Å². The van der Waals surface area contributed by atoms with Crippen molar-refractivity contribution >= 4 is 47.1 Å². The molecule has 0 N–H and O–H groups in total. The first-order valence-electron chi connectivity index (χ1n) is 2.42. The maximum absolute atomic E-state index is 9.77. The van der Waals surface area contributed by atoms with Gasteiger partial charge in [0.2, 0.25) is 0 Å². The van der Waals surface area contributed by atoms with Crippen LogP contribution in [0.1, 0.15) is 6.42 Å². The number of carbonyl (C=O) groups excluding carboxylic acids is 1. The Bertz CT molecular complexity index is 155. The van der Waals surface area contributed by atoms with Crippen LogP contribution in [0, 0.1) is 7.43 Å². The third kappa shape index (κ3) is 9.03. The van der Waals surface area contributed by atoms with Gasteiger partial charge in [-0.15, -0.1) is 12.2 Å². The van der Waals surface area contributed by atoms with Gasteiger partial charge in [0.15, 0.2) is 0 Å². The second-order valence-corrected chi connectivity index (χ2v) is 10.3. The van der Waals surface area contributed by atoms with Crippen LogP contribution in [0.15, 0.2) is 23.8 Å². The first-order chi connectivity index (χ1) is 4.85. The summed E-state index contributed by atoms with van der Waals surface area (Å²) in [5.74, 6) is 0. The van der Waals surface area contributed by atoms with Crippen LogP contribution in [0.4, 0.5) is 0 Å². The Morgan fingerprint density at radius 1 is 1.55 bits per heavy atom. The quantitative estimate of drug-likeness (QED) is 0.470. The third-order valence-corrected chi connectivity index (χ3v) is 0.902. The van der Waals surface area contributed by atoms with E-state index < -0.39 is 0 Å². The zero-order chi connectivity index (χ0) is 7.82. The van der Waals surface area contributed by atoms with E-state index >= 15 is 0 Å². The van der Waals surface area contributed by atoms with Crippen molar-refractivity contribution in [2.75, 3.05) is 0 Å². The molecular weight excluding hydrogens is 413 g/mol. The van der Waals surface area contributed by atoms with Crippen LogP contribution in [-0.2, 0) is 13.1 Å².